The molecule has 1 amide bonds. The first kappa shape index (κ1) is 30.7. The number of aromatic nitrogens is 5. The first-order valence-electron chi connectivity index (χ1n) is 14.9. The van der Waals surface area contributed by atoms with Gasteiger partial charge in [-0.2, -0.15) is 18.3 Å². The highest BCUT2D eigenvalue weighted by Gasteiger charge is 2.36. The van der Waals surface area contributed by atoms with Gasteiger partial charge in [-0.1, -0.05) is 46.3 Å². The van der Waals surface area contributed by atoms with Crippen LogP contribution in [0.2, 0.25) is 0 Å². The Hall–Kier alpha value is -4.97. The van der Waals surface area contributed by atoms with Crippen molar-refractivity contribution in [3.63, 3.8) is 0 Å². The maximum absolute atomic E-state index is 14.5. The van der Waals surface area contributed by atoms with Crippen LogP contribution in [0.1, 0.15) is 45.2 Å². The van der Waals surface area contributed by atoms with Crippen LogP contribution in [0.5, 0.6) is 0 Å². The molecule has 12 heteroatoms. The van der Waals surface area contributed by atoms with Gasteiger partial charge in [0, 0.05) is 58.6 Å². The van der Waals surface area contributed by atoms with Gasteiger partial charge in [0.2, 0.25) is 0 Å². The normalized spacial score (nSPS) is 14.9. The van der Waals surface area contributed by atoms with Crippen molar-refractivity contribution in [1.82, 2.24) is 28.6 Å². The molecule has 0 bridgehead atoms. The van der Waals surface area contributed by atoms with Gasteiger partial charge >= 0.3 is 6.18 Å². The lowest BCUT2D eigenvalue weighted by Gasteiger charge is -2.35. The van der Waals surface area contributed by atoms with E-state index in [9.17, 15) is 22.8 Å². The third-order valence-electron chi connectivity index (χ3n) is 8.67. The summed E-state index contributed by atoms with van der Waals surface area (Å²) in [6.45, 7) is 1.80. The number of halogens is 4. The van der Waals surface area contributed by atoms with E-state index >= 15 is 0 Å². The second-order valence-electron chi connectivity index (χ2n) is 11.7. The number of nitrogens with zero attached hydrogens (tertiary/aromatic N) is 6. The predicted molar refractivity (Wildman–Crippen MR) is 174 cm³/mol. The topological polar surface area (TPSA) is 77.4 Å². The molecular formula is C35H28BrF3N6O2. The smallest absolute Gasteiger partial charge is 0.334 e. The lowest BCUT2D eigenvalue weighted by Crippen LogP contribution is -2.46. The maximum atomic E-state index is 14.5. The van der Waals surface area contributed by atoms with Gasteiger partial charge in [0.15, 0.2) is 0 Å². The average molecular weight is 702 g/mol. The number of hydrogen-bond acceptors (Lipinski definition) is 4. The number of aryl methyl sites for hydroxylation is 1. The Morgan fingerprint density at radius 2 is 1.79 bits per heavy atom. The Kier molecular flexibility index (Phi) is 7.62. The number of rotatable bonds is 5. The molecule has 1 aliphatic rings. The Balaban J connectivity index is 1.36. The van der Waals surface area contributed by atoms with E-state index in [4.69, 9.17) is 5.10 Å². The molecule has 6 aromatic rings. The molecule has 47 heavy (non-hydrogen) atoms. The fourth-order valence-corrected chi connectivity index (χ4v) is 6.75. The zero-order valence-electron chi connectivity index (χ0n) is 25.4. The molecule has 0 saturated heterocycles. The quantitative estimate of drug-likeness (QED) is 0.197. The van der Waals surface area contributed by atoms with Crippen molar-refractivity contribution in [2.45, 2.75) is 38.5 Å². The largest absolute Gasteiger partial charge is 0.417 e. The van der Waals surface area contributed by atoms with Crippen LogP contribution in [0, 0.1) is 0 Å². The number of benzene rings is 3. The molecule has 4 heterocycles. The second kappa shape index (κ2) is 11.7. The fraction of sp³-hybridized carbons (Fsp3) is 0.200. The molecule has 0 aliphatic carbocycles. The summed E-state index contributed by atoms with van der Waals surface area (Å²) in [7, 11) is 1.91. The molecule has 1 aliphatic heterocycles. The first-order chi connectivity index (χ1) is 22.5. The predicted octanol–water partition coefficient (Wildman–Crippen LogP) is 6.84. The Morgan fingerprint density at radius 1 is 1.04 bits per heavy atom. The van der Waals surface area contributed by atoms with Gasteiger partial charge in [0.1, 0.15) is 11.5 Å². The molecule has 0 unspecified atom stereocenters. The number of fused-ring (bicyclic) bond motifs is 3. The zero-order chi connectivity index (χ0) is 33.0. The molecule has 238 valence electrons. The molecule has 0 fully saturated rings. The van der Waals surface area contributed by atoms with Gasteiger partial charge in [-0.3, -0.25) is 14.2 Å². The second-order valence-corrected chi connectivity index (χ2v) is 12.6. The van der Waals surface area contributed by atoms with E-state index in [0.717, 1.165) is 28.6 Å². The van der Waals surface area contributed by atoms with E-state index in [2.05, 4.69) is 20.9 Å². The highest BCUT2D eigenvalue weighted by molar-refractivity contribution is 9.10. The highest BCUT2D eigenvalue weighted by Crippen LogP contribution is 2.36. The minimum Gasteiger partial charge on any atom is -0.334 e. The summed E-state index contributed by atoms with van der Waals surface area (Å²) < 4.78 is 46.1. The van der Waals surface area contributed by atoms with Gasteiger partial charge < -0.3 is 9.47 Å². The molecule has 3 aromatic carbocycles. The van der Waals surface area contributed by atoms with Crippen molar-refractivity contribution in [3.8, 4) is 17.1 Å². The van der Waals surface area contributed by atoms with Crippen molar-refractivity contribution in [2.75, 3.05) is 0 Å². The molecular weight excluding hydrogens is 673 g/mol. The van der Waals surface area contributed by atoms with Crippen molar-refractivity contribution in [2.24, 2.45) is 7.05 Å². The third-order valence-corrected chi connectivity index (χ3v) is 9.36. The van der Waals surface area contributed by atoms with Gasteiger partial charge in [0.25, 0.3) is 11.5 Å². The Morgan fingerprint density at radius 3 is 2.47 bits per heavy atom. The average Bonchev–Trinajstić information content (AvgIpc) is 3.67. The number of amides is 1. The molecule has 3 aromatic heterocycles. The van der Waals surface area contributed by atoms with Crippen LogP contribution in [-0.2, 0) is 32.6 Å². The van der Waals surface area contributed by atoms with E-state index < -0.39 is 23.7 Å². The number of alkyl halides is 3. The summed E-state index contributed by atoms with van der Waals surface area (Å²) in [6.07, 6.45) is 1.40. The SMILES string of the molecule is C[C@H]1Cc2c(n3ncc(Cc4ccccc4)c3n(-c3ccc(-c4nccn4C)cc3)c2=O)CN1C(=O)c1ccc(Br)c(C(F)(F)F)c1. The minimum atomic E-state index is -4.63. The van der Waals surface area contributed by atoms with E-state index in [1.165, 1.54) is 17.0 Å². The summed E-state index contributed by atoms with van der Waals surface area (Å²) in [5.41, 5.74) is 3.74. The van der Waals surface area contributed by atoms with Gasteiger partial charge in [-0.25, -0.2) is 9.50 Å². The number of carbonyl (C=O) groups excluding carboxylic acids is 1. The monoisotopic (exact) mass is 700 g/mol. The standard InChI is InChI=1S/C35H28BrF3N6O2/c1-21-16-27-30(20-43(21)33(46)24-10-13-29(36)28(18-24)35(37,38)39)45-32(25(19-41-45)17-22-6-4-3-5-7-22)44(34(27)47)26-11-8-23(9-12-26)31-40-14-15-42(31)2/h3-15,18-19,21H,16-17,20H2,1-2H3/t21-/m0/s1. The molecule has 1 atom stereocenters. The lowest BCUT2D eigenvalue weighted by molar-refractivity contribution is -0.138. The van der Waals surface area contributed by atoms with E-state index in [1.54, 1.807) is 28.4 Å². The van der Waals surface area contributed by atoms with E-state index in [0.29, 0.717) is 29.0 Å². The molecule has 8 nitrogen and oxygen atoms in total. The summed E-state index contributed by atoms with van der Waals surface area (Å²) >= 11 is 2.95. The van der Waals surface area contributed by atoms with Crippen LogP contribution in [0.3, 0.4) is 0 Å². The van der Waals surface area contributed by atoms with Crippen LogP contribution >= 0.6 is 15.9 Å². The van der Waals surface area contributed by atoms with E-state index in [1.807, 2.05) is 72.4 Å². The van der Waals surface area contributed by atoms with Gasteiger partial charge in [-0.05, 0) is 61.4 Å². The van der Waals surface area contributed by atoms with Crippen LogP contribution in [0.15, 0.2) is 101 Å². The van der Waals surface area contributed by atoms with Crippen molar-refractivity contribution in [1.29, 1.82) is 0 Å². The lowest BCUT2D eigenvalue weighted by atomic mass is 9.97. The molecule has 0 radical (unpaired) electrons. The number of carbonyl (C=O) groups is 1. The molecule has 0 N–H and O–H groups in total. The van der Waals surface area contributed by atoms with Crippen LogP contribution in [-0.4, -0.2) is 40.6 Å². The van der Waals surface area contributed by atoms with E-state index in [-0.39, 0.29) is 28.6 Å². The molecule has 7 rings (SSSR count). The molecule has 0 spiro atoms. The fourth-order valence-electron chi connectivity index (χ4n) is 6.28. The number of hydrogen-bond donors (Lipinski definition) is 0. The summed E-state index contributed by atoms with van der Waals surface area (Å²) in [5, 5.41) is 4.73. The summed E-state index contributed by atoms with van der Waals surface area (Å²) in [4.78, 5) is 34.1. The van der Waals surface area contributed by atoms with Crippen LogP contribution in [0.25, 0.3) is 22.7 Å². The zero-order valence-corrected chi connectivity index (χ0v) is 27.0. The van der Waals surface area contributed by atoms with Crippen LogP contribution in [0.4, 0.5) is 13.2 Å². The van der Waals surface area contributed by atoms with Crippen LogP contribution < -0.4 is 5.56 Å². The molecule has 0 saturated carbocycles. The number of imidazole rings is 1. The van der Waals surface area contributed by atoms with Crippen molar-refractivity contribution in [3.05, 3.63) is 140 Å². The van der Waals surface area contributed by atoms with Crippen molar-refractivity contribution >= 4 is 27.5 Å². The van der Waals surface area contributed by atoms with Gasteiger partial charge in [0.05, 0.1) is 29.7 Å². The van der Waals surface area contributed by atoms with Gasteiger partial charge in [-0.15, -0.1) is 0 Å². The third kappa shape index (κ3) is 5.46. The summed E-state index contributed by atoms with van der Waals surface area (Å²) in [5.74, 6) is 0.236. The minimum absolute atomic E-state index is 0.00385. The Bertz CT molecular complexity index is 2200. The maximum Gasteiger partial charge on any atom is 0.417 e. The summed E-state index contributed by atoms with van der Waals surface area (Å²) in [6, 6.07) is 20.4. The highest BCUT2D eigenvalue weighted by atomic mass is 79.9. The Labute approximate surface area is 275 Å². The van der Waals surface area contributed by atoms with Crippen molar-refractivity contribution < 1.29 is 18.0 Å². The first-order valence-corrected chi connectivity index (χ1v) is 15.7.